The molecule has 16 heavy (non-hydrogen) atoms. The molecule has 1 aliphatic rings. The van der Waals surface area contributed by atoms with Crippen molar-refractivity contribution in [1.82, 2.24) is 4.98 Å². The van der Waals surface area contributed by atoms with E-state index in [1.807, 2.05) is 5.38 Å². The second-order valence-corrected chi connectivity index (χ2v) is 6.36. The number of thiazole rings is 1. The van der Waals surface area contributed by atoms with Gasteiger partial charge in [-0.3, -0.25) is 0 Å². The number of hydrogen-bond acceptors (Lipinski definition) is 6. The number of ether oxygens (including phenoxy) is 2. The third-order valence-electron chi connectivity index (χ3n) is 2.11. The molecule has 7 heteroatoms. The van der Waals surface area contributed by atoms with Crippen molar-refractivity contribution in [3.05, 3.63) is 9.17 Å². The Morgan fingerprint density at radius 3 is 2.75 bits per heavy atom. The van der Waals surface area contributed by atoms with Crippen LogP contribution in [0.25, 0.3) is 10.6 Å². The maximum absolute atomic E-state index is 5.63. The molecule has 0 unspecified atom stereocenters. The number of nitrogen functional groups attached to an aromatic ring is 1. The van der Waals surface area contributed by atoms with Crippen LogP contribution in [0.5, 0.6) is 11.5 Å². The summed E-state index contributed by atoms with van der Waals surface area (Å²) in [6, 6.07) is 0. The molecule has 3 rings (SSSR count). The molecule has 2 aromatic rings. The molecule has 0 aromatic carbocycles. The van der Waals surface area contributed by atoms with E-state index in [1.165, 1.54) is 11.3 Å². The van der Waals surface area contributed by atoms with Crippen LogP contribution in [0.3, 0.4) is 0 Å². The Kier molecular flexibility index (Phi) is 2.53. The summed E-state index contributed by atoms with van der Waals surface area (Å²) in [6.07, 6.45) is 0. The number of hydrogen-bond donors (Lipinski definition) is 1. The van der Waals surface area contributed by atoms with Crippen LogP contribution >= 0.6 is 38.6 Å². The summed E-state index contributed by atoms with van der Waals surface area (Å²) in [4.78, 5) is 5.22. The number of nitrogens with zero attached hydrogens (tertiary/aromatic N) is 1. The standard InChI is InChI=1S/C9H7BrN2O2S2/c10-8-6-5(13-1-2-14-6)7(16-8)4-3-15-9(11)12-4/h3H,1-2H2,(H2,11,12). The minimum absolute atomic E-state index is 0.560. The van der Waals surface area contributed by atoms with E-state index in [-0.39, 0.29) is 0 Å². The van der Waals surface area contributed by atoms with E-state index in [0.717, 1.165) is 25.9 Å². The molecule has 0 bridgehead atoms. The maximum atomic E-state index is 5.63. The molecular formula is C9H7BrN2O2S2. The van der Waals surface area contributed by atoms with Crippen LogP contribution in [-0.4, -0.2) is 18.2 Å². The van der Waals surface area contributed by atoms with Crippen LogP contribution in [0, 0.1) is 0 Å². The molecular weight excluding hydrogens is 312 g/mol. The largest absolute Gasteiger partial charge is 0.484 e. The van der Waals surface area contributed by atoms with Crippen molar-refractivity contribution in [2.45, 2.75) is 0 Å². The lowest BCUT2D eigenvalue weighted by Gasteiger charge is -2.15. The summed E-state index contributed by atoms with van der Waals surface area (Å²) in [5.41, 5.74) is 6.47. The second-order valence-electron chi connectivity index (χ2n) is 3.13. The molecule has 84 valence electrons. The van der Waals surface area contributed by atoms with Crippen molar-refractivity contribution >= 4 is 43.7 Å². The van der Waals surface area contributed by atoms with Crippen molar-refractivity contribution in [2.75, 3.05) is 18.9 Å². The van der Waals surface area contributed by atoms with E-state index in [1.54, 1.807) is 11.3 Å². The Morgan fingerprint density at radius 2 is 2.06 bits per heavy atom. The van der Waals surface area contributed by atoms with Gasteiger partial charge in [0.05, 0.1) is 5.69 Å². The van der Waals surface area contributed by atoms with Crippen LogP contribution < -0.4 is 15.2 Å². The lowest BCUT2D eigenvalue weighted by Crippen LogP contribution is -2.14. The summed E-state index contributed by atoms with van der Waals surface area (Å²) in [5.74, 6) is 1.55. The minimum Gasteiger partial charge on any atom is -0.484 e. The van der Waals surface area contributed by atoms with Gasteiger partial charge in [-0.2, -0.15) is 0 Å². The second kappa shape index (κ2) is 3.90. The number of rotatable bonds is 1. The third kappa shape index (κ3) is 1.59. The number of fused-ring (bicyclic) bond motifs is 1. The molecule has 2 aromatic heterocycles. The molecule has 2 N–H and O–H groups in total. The summed E-state index contributed by atoms with van der Waals surface area (Å²) in [7, 11) is 0. The molecule has 0 saturated heterocycles. The number of nitrogens with two attached hydrogens (primary N) is 1. The highest BCUT2D eigenvalue weighted by Crippen LogP contribution is 2.51. The van der Waals surface area contributed by atoms with Gasteiger partial charge in [0.2, 0.25) is 0 Å². The van der Waals surface area contributed by atoms with Crippen LogP contribution in [-0.2, 0) is 0 Å². The summed E-state index contributed by atoms with van der Waals surface area (Å²) >= 11 is 6.44. The van der Waals surface area contributed by atoms with E-state index >= 15 is 0 Å². The van der Waals surface area contributed by atoms with Gasteiger partial charge >= 0.3 is 0 Å². The summed E-state index contributed by atoms with van der Waals surface area (Å²) in [6.45, 7) is 1.16. The van der Waals surface area contributed by atoms with E-state index in [9.17, 15) is 0 Å². The Hall–Kier alpha value is -0.790. The third-order valence-corrected chi connectivity index (χ3v) is 4.60. The van der Waals surface area contributed by atoms with Crippen molar-refractivity contribution in [3.8, 4) is 22.1 Å². The topological polar surface area (TPSA) is 57.4 Å². The number of anilines is 1. The highest BCUT2D eigenvalue weighted by atomic mass is 79.9. The van der Waals surface area contributed by atoms with Gasteiger partial charge in [-0.05, 0) is 15.9 Å². The Labute approximate surface area is 108 Å². The number of halogens is 1. The Bertz CT molecular complexity index is 538. The fourth-order valence-corrected chi connectivity index (χ4v) is 3.76. The van der Waals surface area contributed by atoms with Crippen molar-refractivity contribution in [3.63, 3.8) is 0 Å². The van der Waals surface area contributed by atoms with Crippen LogP contribution in [0.4, 0.5) is 5.13 Å². The first-order valence-electron chi connectivity index (χ1n) is 4.55. The van der Waals surface area contributed by atoms with Gasteiger partial charge in [0.25, 0.3) is 0 Å². The fourth-order valence-electron chi connectivity index (χ4n) is 1.48. The average Bonchev–Trinajstić information content (AvgIpc) is 2.84. The van der Waals surface area contributed by atoms with Crippen LogP contribution in [0.15, 0.2) is 9.17 Å². The fraction of sp³-hybridized carbons (Fsp3) is 0.222. The number of aromatic nitrogens is 1. The summed E-state index contributed by atoms with van der Waals surface area (Å²) < 4.78 is 12.1. The zero-order chi connectivity index (χ0) is 11.1. The lowest BCUT2D eigenvalue weighted by atomic mass is 10.3. The molecule has 0 spiro atoms. The van der Waals surface area contributed by atoms with E-state index in [4.69, 9.17) is 15.2 Å². The molecule has 0 radical (unpaired) electrons. The molecule has 0 amide bonds. The molecule has 0 saturated carbocycles. The number of thiophene rings is 1. The minimum atomic E-state index is 0.560. The molecule has 4 nitrogen and oxygen atoms in total. The van der Waals surface area contributed by atoms with Gasteiger partial charge in [0.1, 0.15) is 21.9 Å². The molecule has 0 fully saturated rings. The van der Waals surface area contributed by atoms with Crippen LogP contribution in [0.1, 0.15) is 0 Å². The Morgan fingerprint density at radius 1 is 1.31 bits per heavy atom. The zero-order valence-electron chi connectivity index (χ0n) is 8.03. The normalized spacial score (nSPS) is 14.1. The van der Waals surface area contributed by atoms with E-state index < -0.39 is 0 Å². The van der Waals surface area contributed by atoms with Gasteiger partial charge in [-0.1, -0.05) is 0 Å². The van der Waals surface area contributed by atoms with Gasteiger partial charge in [-0.15, -0.1) is 22.7 Å². The highest BCUT2D eigenvalue weighted by molar-refractivity contribution is 9.11. The first kappa shape index (κ1) is 10.4. The molecule has 1 aliphatic heterocycles. The predicted octanol–water partition coefficient (Wildman–Crippen LogP) is 2.99. The first-order valence-corrected chi connectivity index (χ1v) is 7.04. The molecule has 0 aliphatic carbocycles. The van der Waals surface area contributed by atoms with Gasteiger partial charge in [0.15, 0.2) is 16.6 Å². The average molecular weight is 319 g/mol. The van der Waals surface area contributed by atoms with Crippen molar-refractivity contribution < 1.29 is 9.47 Å². The maximum Gasteiger partial charge on any atom is 0.187 e. The van der Waals surface area contributed by atoms with E-state index in [2.05, 4.69) is 20.9 Å². The van der Waals surface area contributed by atoms with Crippen molar-refractivity contribution in [1.29, 1.82) is 0 Å². The zero-order valence-corrected chi connectivity index (χ0v) is 11.2. The first-order chi connectivity index (χ1) is 7.75. The highest BCUT2D eigenvalue weighted by Gasteiger charge is 2.25. The van der Waals surface area contributed by atoms with Gasteiger partial charge < -0.3 is 15.2 Å². The van der Waals surface area contributed by atoms with E-state index in [0.29, 0.717) is 18.3 Å². The molecule has 3 heterocycles. The van der Waals surface area contributed by atoms with Crippen molar-refractivity contribution in [2.24, 2.45) is 0 Å². The summed E-state index contributed by atoms with van der Waals surface area (Å²) in [5, 5.41) is 2.48. The lowest BCUT2D eigenvalue weighted by molar-refractivity contribution is 0.173. The monoisotopic (exact) mass is 318 g/mol. The van der Waals surface area contributed by atoms with Gasteiger partial charge in [-0.25, -0.2) is 4.98 Å². The smallest absolute Gasteiger partial charge is 0.187 e. The van der Waals surface area contributed by atoms with Gasteiger partial charge in [0, 0.05) is 5.38 Å². The predicted molar refractivity (Wildman–Crippen MR) is 68.5 cm³/mol. The SMILES string of the molecule is Nc1nc(-c2sc(Br)c3c2OCCO3)cs1. The van der Waals surface area contributed by atoms with Crippen LogP contribution in [0.2, 0.25) is 0 Å². The molecule has 0 atom stereocenters. The quantitative estimate of drug-likeness (QED) is 0.878. The Balaban J connectivity index is 2.14.